The van der Waals surface area contributed by atoms with E-state index < -0.39 is 0 Å². The van der Waals surface area contributed by atoms with Crippen LogP contribution in [0.3, 0.4) is 0 Å². The molecular weight excluding hydrogens is 268 g/mol. The van der Waals surface area contributed by atoms with E-state index in [0.717, 1.165) is 16.3 Å². The molecule has 0 radical (unpaired) electrons. The fraction of sp³-hybridized carbons (Fsp3) is 0.231. The summed E-state index contributed by atoms with van der Waals surface area (Å²) in [5.41, 5.74) is 1.82. The van der Waals surface area contributed by atoms with Gasteiger partial charge in [-0.15, -0.1) is 22.9 Å². The number of carbonyl (C=O) groups is 1. The van der Waals surface area contributed by atoms with Crippen LogP contribution in [0.4, 0.5) is 5.69 Å². The maximum Gasteiger partial charge on any atom is 0.228 e. The van der Waals surface area contributed by atoms with Gasteiger partial charge in [0.2, 0.25) is 5.91 Å². The molecule has 1 atom stereocenters. The zero-order valence-corrected chi connectivity index (χ0v) is 11.5. The highest BCUT2D eigenvalue weighted by molar-refractivity contribution is 7.13. The van der Waals surface area contributed by atoms with Crippen LogP contribution in [0.2, 0.25) is 0 Å². The molecule has 0 saturated heterocycles. The van der Waals surface area contributed by atoms with Crippen LogP contribution in [-0.2, 0) is 4.79 Å². The second-order valence-corrected chi connectivity index (χ2v) is 5.16. The summed E-state index contributed by atoms with van der Waals surface area (Å²) < 4.78 is 0. The lowest BCUT2D eigenvalue weighted by atomic mass is 10.2. The summed E-state index contributed by atoms with van der Waals surface area (Å²) in [6.07, 6.45) is 1.78. The lowest BCUT2D eigenvalue weighted by molar-refractivity contribution is -0.118. The van der Waals surface area contributed by atoms with E-state index in [0.29, 0.717) is 5.88 Å². The minimum absolute atomic E-state index is 0.0630. The van der Waals surface area contributed by atoms with E-state index in [1.54, 1.807) is 24.5 Å². The molecule has 1 amide bonds. The van der Waals surface area contributed by atoms with E-state index in [9.17, 15) is 4.79 Å². The summed E-state index contributed by atoms with van der Waals surface area (Å²) in [6, 6.07) is 7.63. The van der Waals surface area contributed by atoms with Crippen LogP contribution in [0.5, 0.6) is 0 Å². The Morgan fingerprint density at radius 3 is 2.72 bits per heavy atom. The highest BCUT2D eigenvalue weighted by Gasteiger charge is 2.11. The fourth-order valence-corrected chi connectivity index (χ4v) is 2.18. The number of alkyl halides is 1. The number of benzene rings is 1. The molecule has 94 valence electrons. The SMILES string of the molecule is CC(CCl)C(=O)Nc1ccc(-c2nccs2)cc1. The predicted molar refractivity (Wildman–Crippen MR) is 76.1 cm³/mol. The van der Waals surface area contributed by atoms with Crippen LogP contribution < -0.4 is 5.32 Å². The molecule has 0 aliphatic rings. The van der Waals surface area contributed by atoms with Gasteiger partial charge in [0.05, 0.1) is 0 Å². The molecule has 0 spiro atoms. The average molecular weight is 281 g/mol. The summed E-state index contributed by atoms with van der Waals surface area (Å²) in [5.74, 6) is 0.0700. The number of aromatic nitrogens is 1. The highest BCUT2D eigenvalue weighted by atomic mass is 35.5. The second-order valence-electron chi connectivity index (χ2n) is 3.96. The molecule has 0 fully saturated rings. The van der Waals surface area contributed by atoms with Crippen molar-refractivity contribution in [3.63, 3.8) is 0 Å². The molecule has 3 nitrogen and oxygen atoms in total. The summed E-state index contributed by atoms with van der Waals surface area (Å²) in [5, 5.41) is 5.74. The van der Waals surface area contributed by atoms with Crippen molar-refractivity contribution < 1.29 is 4.79 Å². The first-order valence-electron chi connectivity index (χ1n) is 5.57. The first kappa shape index (κ1) is 13.1. The van der Waals surface area contributed by atoms with Crippen LogP contribution >= 0.6 is 22.9 Å². The van der Waals surface area contributed by atoms with Crippen LogP contribution in [0.15, 0.2) is 35.8 Å². The number of rotatable bonds is 4. The van der Waals surface area contributed by atoms with Crippen LogP contribution in [-0.4, -0.2) is 16.8 Å². The number of hydrogen-bond acceptors (Lipinski definition) is 3. The van der Waals surface area contributed by atoms with Gasteiger partial charge in [0, 0.05) is 34.6 Å². The fourth-order valence-electron chi connectivity index (χ4n) is 1.40. The maximum absolute atomic E-state index is 11.7. The molecule has 1 heterocycles. The first-order chi connectivity index (χ1) is 8.70. The van der Waals surface area contributed by atoms with Crippen LogP contribution in [0.25, 0.3) is 10.6 Å². The van der Waals surface area contributed by atoms with Gasteiger partial charge in [-0.2, -0.15) is 0 Å². The Hall–Kier alpha value is -1.39. The van der Waals surface area contributed by atoms with Gasteiger partial charge in [-0.25, -0.2) is 4.98 Å². The Balaban J connectivity index is 2.06. The maximum atomic E-state index is 11.7. The van der Waals surface area contributed by atoms with Crippen molar-refractivity contribution in [1.29, 1.82) is 0 Å². The molecule has 0 aliphatic heterocycles. The van der Waals surface area contributed by atoms with Gasteiger partial charge >= 0.3 is 0 Å². The van der Waals surface area contributed by atoms with Crippen molar-refractivity contribution in [2.75, 3.05) is 11.2 Å². The Bertz CT molecular complexity index is 510. The molecule has 2 rings (SSSR count). The number of thiazole rings is 1. The topological polar surface area (TPSA) is 42.0 Å². The van der Waals surface area contributed by atoms with Crippen molar-refractivity contribution in [3.05, 3.63) is 35.8 Å². The third-order valence-electron chi connectivity index (χ3n) is 2.51. The second kappa shape index (κ2) is 5.98. The smallest absolute Gasteiger partial charge is 0.228 e. The van der Waals surface area contributed by atoms with Gasteiger partial charge in [-0.1, -0.05) is 6.92 Å². The summed E-state index contributed by atoms with van der Waals surface area (Å²) in [4.78, 5) is 15.9. The largest absolute Gasteiger partial charge is 0.326 e. The van der Waals surface area contributed by atoms with E-state index in [1.165, 1.54) is 0 Å². The number of nitrogens with zero attached hydrogens (tertiary/aromatic N) is 1. The Morgan fingerprint density at radius 2 is 2.17 bits per heavy atom. The van der Waals surface area contributed by atoms with Gasteiger partial charge < -0.3 is 5.32 Å². The zero-order chi connectivity index (χ0) is 13.0. The minimum Gasteiger partial charge on any atom is -0.326 e. The quantitative estimate of drug-likeness (QED) is 0.869. The van der Waals surface area contributed by atoms with Crippen LogP contribution in [0.1, 0.15) is 6.92 Å². The Kier molecular flexibility index (Phi) is 4.33. The first-order valence-corrected chi connectivity index (χ1v) is 6.99. The van der Waals surface area contributed by atoms with Crippen molar-refractivity contribution in [3.8, 4) is 10.6 Å². The number of amides is 1. The minimum atomic E-state index is -0.190. The molecule has 1 aromatic carbocycles. The summed E-state index contributed by atoms with van der Waals surface area (Å²) in [7, 11) is 0. The third kappa shape index (κ3) is 3.09. The van der Waals surface area contributed by atoms with Gasteiger partial charge in [-0.3, -0.25) is 4.79 Å². The van der Waals surface area contributed by atoms with Crippen molar-refractivity contribution in [1.82, 2.24) is 4.98 Å². The van der Waals surface area contributed by atoms with E-state index in [1.807, 2.05) is 29.6 Å². The van der Waals surface area contributed by atoms with Crippen LogP contribution in [0, 0.1) is 5.92 Å². The Morgan fingerprint density at radius 1 is 1.44 bits per heavy atom. The lowest BCUT2D eigenvalue weighted by Crippen LogP contribution is -2.21. The normalized spacial score (nSPS) is 12.1. The molecule has 5 heteroatoms. The average Bonchev–Trinajstić information content (AvgIpc) is 2.92. The molecule has 1 aromatic heterocycles. The molecule has 0 bridgehead atoms. The predicted octanol–water partition coefficient (Wildman–Crippen LogP) is 3.62. The summed E-state index contributed by atoms with van der Waals surface area (Å²) in [6.45, 7) is 1.80. The number of halogens is 1. The van der Waals surface area contributed by atoms with Crippen molar-refractivity contribution >= 4 is 34.5 Å². The Labute approximate surface area is 115 Å². The van der Waals surface area contributed by atoms with E-state index in [4.69, 9.17) is 11.6 Å². The standard InChI is InChI=1S/C13H13ClN2OS/c1-9(8-14)12(17)16-11-4-2-10(3-5-11)13-15-6-7-18-13/h2-7,9H,8H2,1H3,(H,16,17). The number of hydrogen-bond donors (Lipinski definition) is 1. The molecule has 0 aliphatic carbocycles. The molecule has 1 unspecified atom stereocenters. The van der Waals surface area contributed by atoms with E-state index >= 15 is 0 Å². The molecule has 2 aromatic rings. The molecular formula is C13H13ClN2OS. The van der Waals surface area contributed by atoms with E-state index in [-0.39, 0.29) is 11.8 Å². The molecule has 0 saturated carbocycles. The van der Waals surface area contributed by atoms with Crippen molar-refractivity contribution in [2.45, 2.75) is 6.92 Å². The number of anilines is 1. The number of nitrogens with one attached hydrogen (secondary N) is 1. The van der Waals surface area contributed by atoms with E-state index in [2.05, 4.69) is 10.3 Å². The highest BCUT2D eigenvalue weighted by Crippen LogP contribution is 2.23. The zero-order valence-electron chi connectivity index (χ0n) is 9.89. The summed E-state index contributed by atoms with van der Waals surface area (Å²) >= 11 is 7.23. The third-order valence-corrected chi connectivity index (χ3v) is 3.80. The van der Waals surface area contributed by atoms with Gasteiger partial charge in [0.1, 0.15) is 5.01 Å². The monoisotopic (exact) mass is 280 g/mol. The van der Waals surface area contributed by atoms with Gasteiger partial charge in [-0.05, 0) is 24.3 Å². The number of carbonyl (C=O) groups excluding carboxylic acids is 1. The van der Waals surface area contributed by atoms with Gasteiger partial charge in [0.25, 0.3) is 0 Å². The molecule has 1 N–H and O–H groups in total. The lowest BCUT2D eigenvalue weighted by Gasteiger charge is -2.09. The van der Waals surface area contributed by atoms with Crippen molar-refractivity contribution in [2.24, 2.45) is 5.92 Å². The van der Waals surface area contributed by atoms with Gasteiger partial charge in [0.15, 0.2) is 0 Å². The molecule has 18 heavy (non-hydrogen) atoms.